The number of aromatic amines is 1. The molecule has 6 heteroatoms. The van der Waals surface area contributed by atoms with Crippen LogP contribution < -0.4 is 0 Å². The molecule has 0 spiro atoms. The molecule has 88 valence electrons. The minimum absolute atomic E-state index is 0.0800. The van der Waals surface area contributed by atoms with E-state index in [1.807, 2.05) is 0 Å². The van der Waals surface area contributed by atoms with Crippen molar-refractivity contribution in [2.45, 2.75) is 6.92 Å². The fraction of sp³-hybridized carbons (Fsp3) is 0.400. The molecule has 0 bridgehead atoms. The highest BCUT2D eigenvalue weighted by Crippen LogP contribution is 2.10. The van der Waals surface area contributed by atoms with E-state index < -0.39 is 5.97 Å². The van der Waals surface area contributed by atoms with Crippen molar-refractivity contribution in [3.05, 3.63) is 23.0 Å². The van der Waals surface area contributed by atoms with E-state index in [0.717, 1.165) is 0 Å². The predicted molar refractivity (Wildman–Crippen MR) is 59.4 cm³/mol. The van der Waals surface area contributed by atoms with E-state index >= 15 is 0 Å². The molecule has 1 heterocycles. The number of carbonyl (C=O) groups excluding carboxylic acids is 2. The highest BCUT2D eigenvalue weighted by atomic mass is 35.5. The average molecular weight is 245 g/mol. The molecule has 1 amide bonds. The van der Waals surface area contributed by atoms with Crippen LogP contribution in [0, 0.1) is 0 Å². The van der Waals surface area contributed by atoms with Gasteiger partial charge in [-0.3, -0.25) is 9.59 Å². The van der Waals surface area contributed by atoms with Gasteiger partial charge in [-0.1, -0.05) is 11.6 Å². The molecule has 0 saturated carbocycles. The van der Waals surface area contributed by atoms with Gasteiger partial charge in [0.25, 0.3) is 5.91 Å². The Morgan fingerprint density at radius 2 is 2.25 bits per heavy atom. The fourth-order valence-electron chi connectivity index (χ4n) is 1.17. The second-order valence-corrected chi connectivity index (χ2v) is 3.63. The van der Waals surface area contributed by atoms with Crippen molar-refractivity contribution in [3.8, 4) is 0 Å². The third-order valence-electron chi connectivity index (χ3n) is 1.90. The van der Waals surface area contributed by atoms with E-state index in [4.69, 9.17) is 16.3 Å². The van der Waals surface area contributed by atoms with Gasteiger partial charge in [-0.05, 0) is 13.0 Å². The number of H-pyrrole nitrogens is 1. The van der Waals surface area contributed by atoms with E-state index in [9.17, 15) is 9.59 Å². The molecule has 0 unspecified atom stereocenters. The molecule has 0 radical (unpaired) electrons. The summed E-state index contributed by atoms with van der Waals surface area (Å²) in [5, 5.41) is 0.452. The Morgan fingerprint density at radius 1 is 1.56 bits per heavy atom. The number of carbonyl (C=O) groups is 2. The third kappa shape index (κ3) is 3.27. The van der Waals surface area contributed by atoms with E-state index in [1.165, 1.54) is 24.2 Å². The van der Waals surface area contributed by atoms with Gasteiger partial charge in [-0.2, -0.15) is 0 Å². The number of halogens is 1. The molecular formula is C10H13ClN2O3. The number of nitrogens with one attached hydrogen (secondary N) is 1. The number of likely N-dealkylation sites (N-methyl/N-ethyl adjacent to an activating group) is 1. The first-order valence-electron chi connectivity index (χ1n) is 4.79. The molecule has 0 aliphatic heterocycles. The average Bonchev–Trinajstić information content (AvgIpc) is 2.64. The number of aromatic nitrogens is 1. The lowest BCUT2D eigenvalue weighted by atomic mass is 10.4. The van der Waals surface area contributed by atoms with E-state index in [-0.39, 0.29) is 12.5 Å². The summed E-state index contributed by atoms with van der Waals surface area (Å²) in [4.78, 5) is 26.8. The van der Waals surface area contributed by atoms with Crippen LogP contribution in [0.4, 0.5) is 0 Å². The van der Waals surface area contributed by atoms with Gasteiger partial charge in [0, 0.05) is 13.2 Å². The molecule has 0 aromatic carbocycles. The van der Waals surface area contributed by atoms with Crippen LogP contribution in [0.15, 0.2) is 12.3 Å². The Kier molecular flexibility index (Phi) is 4.37. The monoisotopic (exact) mass is 244 g/mol. The molecule has 1 aromatic heterocycles. The number of hydrogen-bond acceptors (Lipinski definition) is 3. The molecule has 1 aromatic rings. The molecule has 0 fully saturated rings. The van der Waals surface area contributed by atoms with Crippen molar-refractivity contribution in [1.29, 1.82) is 0 Å². The SMILES string of the molecule is CCOC(=O)CN(C)C(=O)c1cc(Cl)c[nH]1. The van der Waals surface area contributed by atoms with Crippen LogP contribution in [-0.2, 0) is 9.53 Å². The van der Waals surface area contributed by atoms with Gasteiger partial charge in [0.05, 0.1) is 11.6 Å². The zero-order chi connectivity index (χ0) is 12.1. The Hall–Kier alpha value is -1.49. The maximum Gasteiger partial charge on any atom is 0.325 e. The summed E-state index contributed by atoms with van der Waals surface area (Å²) >= 11 is 5.67. The highest BCUT2D eigenvalue weighted by molar-refractivity contribution is 6.30. The molecule has 0 atom stereocenters. The summed E-state index contributed by atoms with van der Waals surface area (Å²) in [5.41, 5.74) is 0.344. The van der Waals surface area contributed by atoms with Gasteiger partial charge in [0.15, 0.2) is 0 Å². The molecule has 0 saturated heterocycles. The molecular weight excluding hydrogens is 232 g/mol. The smallest absolute Gasteiger partial charge is 0.325 e. The zero-order valence-corrected chi connectivity index (χ0v) is 9.87. The van der Waals surface area contributed by atoms with Crippen LogP contribution >= 0.6 is 11.6 Å². The molecule has 5 nitrogen and oxygen atoms in total. The van der Waals surface area contributed by atoms with E-state index in [1.54, 1.807) is 6.92 Å². The first-order valence-corrected chi connectivity index (χ1v) is 5.17. The number of ether oxygens (including phenoxy) is 1. The molecule has 1 rings (SSSR count). The topological polar surface area (TPSA) is 62.4 Å². The van der Waals surface area contributed by atoms with Crippen LogP contribution in [0.2, 0.25) is 5.02 Å². The quantitative estimate of drug-likeness (QED) is 0.813. The van der Waals surface area contributed by atoms with E-state index in [2.05, 4.69) is 4.98 Å². The minimum Gasteiger partial charge on any atom is -0.465 e. The second-order valence-electron chi connectivity index (χ2n) is 3.20. The number of amides is 1. The van der Waals surface area contributed by atoms with Gasteiger partial charge in [0.1, 0.15) is 12.2 Å². The first kappa shape index (κ1) is 12.6. The summed E-state index contributed by atoms with van der Waals surface area (Å²) in [6.45, 7) is 1.93. The van der Waals surface area contributed by atoms with E-state index in [0.29, 0.717) is 17.3 Å². The Labute approximate surface area is 98.3 Å². The predicted octanol–water partition coefficient (Wildman–Crippen LogP) is 1.30. The Morgan fingerprint density at radius 3 is 2.75 bits per heavy atom. The number of esters is 1. The number of rotatable bonds is 4. The lowest BCUT2D eigenvalue weighted by Crippen LogP contribution is -2.33. The fourth-order valence-corrected chi connectivity index (χ4v) is 1.33. The minimum atomic E-state index is -0.434. The highest BCUT2D eigenvalue weighted by Gasteiger charge is 2.16. The lowest BCUT2D eigenvalue weighted by molar-refractivity contribution is -0.143. The normalized spacial score (nSPS) is 9.94. The summed E-state index contributed by atoms with van der Waals surface area (Å²) in [6.07, 6.45) is 1.51. The van der Waals surface area contributed by atoms with Crippen LogP contribution in [0.3, 0.4) is 0 Å². The number of hydrogen-bond donors (Lipinski definition) is 1. The van der Waals surface area contributed by atoms with Gasteiger partial charge >= 0.3 is 5.97 Å². The maximum absolute atomic E-state index is 11.7. The summed E-state index contributed by atoms with van der Waals surface area (Å²) < 4.78 is 4.73. The molecule has 0 aliphatic carbocycles. The summed E-state index contributed by atoms with van der Waals surface area (Å²) in [6, 6.07) is 1.51. The van der Waals surface area contributed by atoms with Crippen molar-refractivity contribution in [2.75, 3.05) is 20.2 Å². The van der Waals surface area contributed by atoms with Crippen LogP contribution in [0.25, 0.3) is 0 Å². The van der Waals surface area contributed by atoms with Gasteiger partial charge in [0.2, 0.25) is 0 Å². The second kappa shape index (κ2) is 5.55. The van der Waals surface area contributed by atoms with Gasteiger partial charge in [-0.25, -0.2) is 0 Å². The first-order chi connectivity index (χ1) is 7.54. The largest absolute Gasteiger partial charge is 0.465 e. The maximum atomic E-state index is 11.7. The summed E-state index contributed by atoms with van der Waals surface area (Å²) in [7, 11) is 1.52. The molecule has 0 aliphatic rings. The Bertz CT molecular complexity index is 389. The third-order valence-corrected chi connectivity index (χ3v) is 2.11. The van der Waals surface area contributed by atoms with Crippen LogP contribution in [0.5, 0.6) is 0 Å². The van der Waals surface area contributed by atoms with Crippen LogP contribution in [0.1, 0.15) is 17.4 Å². The molecule has 16 heavy (non-hydrogen) atoms. The zero-order valence-electron chi connectivity index (χ0n) is 9.12. The summed E-state index contributed by atoms with van der Waals surface area (Å²) in [5.74, 6) is -0.740. The van der Waals surface area contributed by atoms with Crippen molar-refractivity contribution < 1.29 is 14.3 Å². The van der Waals surface area contributed by atoms with Gasteiger partial charge in [-0.15, -0.1) is 0 Å². The van der Waals surface area contributed by atoms with Crippen molar-refractivity contribution in [1.82, 2.24) is 9.88 Å². The number of nitrogens with zero attached hydrogens (tertiary/aromatic N) is 1. The molecule has 1 N–H and O–H groups in total. The lowest BCUT2D eigenvalue weighted by Gasteiger charge is -2.14. The standard InChI is InChI=1S/C10H13ClN2O3/c1-3-16-9(14)6-13(2)10(15)8-4-7(11)5-12-8/h4-5,12H,3,6H2,1-2H3. The van der Waals surface area contributed by atoms with Crippen LogP contribution in [-0.4, -0.2) is 42.0 Å². The van der Waals surface area contributed by atoms with Crippen molar-refractivity contribution >= 4 is 23.5 Å². The Balaban J connectivity index is 2.57. The van der Waals surface area contributed by atoms with Crippen molar-refractivity contribution in [2.24, 2.45) is 0 Å². The van der Waals surface area contributed by atoms with Gasteiger partial charge < -0.3 is 14.6 Å². The van der Waals surface area contributed by atoms with Crippen molar-refractivity contribution in [3.63, 3.8) is 0 Å².